The van der Waals surface area contributed by atoms with Crippen LogP contribution in [0, 0.1) is 12.7 Å². The second-order valence-electron chi connectivity index (χ2n) is 6.20. The molecule has 1 aromatic carbocycles. The zero-order valence-electron chi connectivity index (χ0n) is 13.8. The van der Waals surface area contributed by atoms with Gasteiger partial charge in [0, 0.05) is 24.0 Å². The number of aromatic nitrogens is 3. The number of nitrogens with zero attached hydrogens (tertiary/aromatic N) is 4. The zero-order chi connectivity index (χ0) is 17.4. The van der Waals surface area contributed by atoms with Crippen LogP contribution in [0.2, 0.25) is 0 Å². The average Bonchev–Trinajstić information content (AvgIpc) is 3.19. The van der Waals surface area contributed by atoms with E-state index >= 15 is 0 Å². The first-order chi connectivity index (χ1) is 12.1. The first-order valence-electron chi connectivity index (χ1n) is 8.11. The summed E-state index contributed by atoms with van der Waals surface area (Å²) >= 11 is 0. The highest BCUT2D eigenvalue weighted by Crippen LogP contribution is 2.25. The van der Waals surface area contributed by atoms with Gasteiger partial charge in [0.1, 0.15) is 5.82 Å². The van der Waals surface area contributed by atoms with E-state index in [1.165, 1.54) is 12.1 Å². The third-order valence-corrected chi connectivity index (χ3v) is 4.51. The van der Waals surface area contributed by atoms with Crippen molar-refractivity contribution in [1.29, 1.82) is 0 Å². The summed E-state index contributed by atoms with van der Waals surface area (Å²) in [6, 6.07) is 9.97. The number of pyridine rings is 1. The molecular formula is C19H17FN4O. The van der Waals surface area contributed by atoms with Crippen molar-refractivity contribution in [2.75, 3.05) is 0 Å². The Morgan fingerprint density at radius 1 is 1.20 bits per heavy atom. The summed E-state index contributed by atoms with van der Waals surface area (Å²) < 4.78 is 14.9. The van der Waals surface area contributed by atoms with Gasteiger partial charge in [-0.05, 0) is 36.8 Å². The van der Waals surface area contributed by atoms with Crippen molar-refractivity contribution in [2.24, 2.45) is 0 Å². The van der Waals surface area contributed by atoms with Gasteiger partial charge in [-0.2, -0.15) is 5.10 Å². The summed E-state index contributed by atoms with van der Waals surface area (Å²) in [5.41, 5.74) is 4.42. The van der Waals surface area contributed by atoms with E-state index in [2.05, 4.69) is 10.1 Å². The van der Waals surface area contributed by atoms with Crippen LogP contribution >= 0.6 is 0 Å². The smallest absolute Gasteiger partial charge is 0.256 e. The third-order valence-electron chi connectivity index (χ3n) is 4.51. The van der Waals surface area contributed by atoms with Gasteiger partial charge < -0.3 is 4.90 Å². The van der Waals surface area contributed by atoms with Crippen molar-refractivity contribution in [3.63, 3.8) is 0 Å². The predicted molar refractivity (Wildman–Crippen MR) is 90.3 cm³/mol. The van der Waals surface area contributed by atoms with Gasteiger partial charge in [0.25, 0.3) is 5.91 Å². The van der Waals surface area contributed by atoms with E-state index in [9.17, 15) is 9.18 Å². The topological polar surface area (TPSA) is 51.0 Å². The zero-order valence-corrected chi connectivity index (χ0v) is 13.8. The van der Waals surface area contributed by atoms with Crippen LogP contribution < -0.4 is 0 Å². The fourth-order valence-corrected chi connectivity index (χ4v) is 3.13. The number of hydrogen-bond donors (Lipinski definition) is 0. The first-order valence-corrected chi connectivity index (χ1v) is 8.11. The molecule has 6 heteroatoms. The number of halogens is 1. The molecule has 3 heterocycles. The minimum atomic E-state index is -0.252. The molecule has 0 saturated carbocycles. The molecule has 1 aliphatic rings. The van der Waals surface area contributed by atoms with Crippen molar-refractivity contribution in [3.8, 4) is 0 Å². The number of hydrogen-bond acceptors (Lipinski definition) is 3. The van der Waals surface area contributed by atoms with Crippen LogP contribution in [0.1, 0.15) is 32.9 Å². The van der Waals surface area contributed by atoms with E-state index in [4.69, 9.17) is 0 Å². The molecule has 0 fully saturated rings. The van der Waals surface area contributed by atoms with Crippen molar-refractivity contribution in [2.45, 2.75) is 26.6 Å². The molecule has 1 amide bonds. The van der Waals surface area contributed by atoms with Gasteiger partial charge in [0.05, 0.1) is 30.5 Å². The van der Waals surface area contributed by atoms with Gasteiger partial charge in [0.15, 0.2) is 0 Å². The quantitative estimate of drug-likeness (QED) is 0.739. The van der Waals surface area contributed by atoms with Crippen molar-refractivity contribution >= 4 is 5.91 Å². The van der Waals surface area contributed by atoms with E-state index in [0.29, 0.717) is 25.2 Å². The van der Waals surface area contributed by atoms with Crippen LogP contribution in [-0.4, -0.2) is 25.6 Å². The number of benzene rings is 1. The summed E-state index contributed by atoms with van der Waals surface area (Å²) in [5, 5.41) is 4.41. The molecule has 0 atom stereocenters. The molecule has 0 unspecified atom stereocenters. The molecule has 3 aromatic rings. The SMILES string of the molecule is Cc1ncccc1C(=O)N1Cc2cnn(Cc3ccc(F)cc3)c2C1. The van der Waals surface area contributed by atoms with Crippen molar-refractivity contribution in [3.05, 3.63) is 82.7 Å². The van der Waals surface area contributed by atoms with Crippen LogP contribution in [0.5, 0.6) is 0 Å². The molecular weight excluding hydrogens is 319 g/mol. The lowest BCUT2D eigenvalue weighted by Gasteiger charge is -2.17. The van der Waals surface area contributed by atoms with Crippen LogP contribution in [0.25, 0.3) is 0 Å². The molecule has 0 bridgehead atoms. The molecule has 2 aromatic heterocycles. The summed E-state index contributed by atoms with van der Waals surface area (Å²) in [7, 11) is 0. The summed E-state index contributed by atoms with van der Waals surface area (Å²) in [5.74, 6) is -0.270. The number of amides is 1. The largest absolute Gasteiger partial charge is 0.328 e. The summed E-state index contributed by atoms with van der Waals surface area (Å²) in [4.78, 5) is 18.8. The van der Waals surface area contributed by atoms with Gasteiger partial charge in [0.2, 0.25) is 0 Å². The Balaban J connectivity index is 1.54. The van der Waals surface area contributed by atoms with Gasteiger partial charge in [-0.25, -0.2) is 4.39 Å². The van der Waals surface area contributed by atoms with E-state index in [1.807, 2.05) is 17.8 Å². The highest BCUT2D eigenvalue weighted by Gasteiger charge is 2.28. The molecule has 4 rings (SSSR count). The van der Waals surface area contributed by atoms with Crippen LogP contribution in [0.4, 0.5) is 4.39 Å². The molecule has 5 nitrogen and oxygen atoms in total. The summed E-state index contributed by atoms with van der Waals surface area (Å²) in [6.07, 6.45) is 3.49. The van der Waals surface area contributed by atoms with Crippen LogP contribution in [0.3, 0.4) is 0 Å². The van der Waals surface area contributed by atoms with E-state index in [-0.39, 0.29) is 11.7 Å². The second-order valence-corrected chi connectivity index (χ2v) is 6.20. The van der Waals surface area contributed by atoms with Gasteiger partial charge in [-0.3, -0.25) is 14.5 Å². The van der Waals surface area contributed by atoms with Crippen molar-refractivity contribution < 1.29 is 9.18 Å². The molecule has 0 aliphatic carbocycles. The lowest BCUT2D eigenvalue weighted by atomic mass is 10.2. The predicted octanol–water partition coefficient (Wildman–Crippen LogP) is 2.93. The highest BCUT2D eigenvalue weighted by molar-refractivity contribution is 5.95. The number of carbonyl (C=O) groups is 1. The van der Waals surface area contributed by atoms with Crippen LogP contribution in [-0.2, 0) is 19.6 Å². The van der Waals surface area contributed by atoms with Crippen molar-refractivity contribution in [1.82, 2.24) is 19.7 Å². The minimum Gasteiger partial charge on any atom is -0.328 e. The Kier molecular flexibility index (Phi) is 3.80. The average molecular weight is 336 g/mol. The van der Waals surface area contributed by atoms with Crippen LogP contribution in [0.15, 0.2) is 48.8 Å². The minimum absolute atomic E-state index is 0.0184. The van der Waals surface area contributed by atoms with E-state index < -0.39 is 0 Å². The Labute approximate surface area is 144 Å². The maximum absolute atomic E-state index is 13.0. The van der Waals surface area contributed by atoms with E-state index in [0.717, 1.165) is 22.5 Å². The Bertz CT molecular complexity index is 933. The molecule has 0 spiro atoms. The fourth-order valence-electron chi connectivity index (χ4n) is 3.13. The highest BCUT2D eigenvalue weighted by atomic mass is 19.1. The normalized spacial score (nSPS) is 13.1. The number of aryl methyl sites for hydroxylation is 1. The fraction of sp³-hybridized carbons (Fsp3) is 0.211. The lowest BCUT2D eigenvalue weighted by Crippen LogP contribution is -2.27. The Morgan fingerprint density at radius 2 is 2.00 bits per heavy atom. The lowest BCUT2D eigenvalue weighted by molar-refractivity contribution is 0.0747. The standard InChI is InChI=1S/C19H17FN4O/c1-13-17(3-2-8-21-13)19(25)23-11-15-9-22-24(18(15)12-23)10-14-4-6-16(20)7-5-14/h2-9H,10-12H2,1H3. The third kappa shape index (κ3) is 2.91. The maximum atomic E-state index is 13.0. The Morgan fingerprint density at radius 3 is 2.76 bits per heavy atom. The first kappa shape index (κ1) is 15.5. The van der Waals surface area contributed by atoms with Gasteiger partial charge in [-0.1, -0.05) is 12.1 Å². The number of carbonyl (C=O) groups excluding carboxylic acids is 1. The van der Waals surface area contributed by atoms with E-state index in [1.54, 1.807) is 35.4 Å². The molecule has 0 N–H and O–H groups in total. The molecule has 0 radical (unpaired) electrons. The Hall–Kier alpha value is -3.02. The number of rotatable bonds is 3. The second kappa shape index (κ2) is 6.12. The monoisotopic (exact) mass is 336 g/mol. The van der Waals surface area contributed by atoms with Gasteiger partial charge >= 0.3 is 0 Å². The van der Waals surface area contributed by atoms with Gasteiger partial charge in [-0.15, -0.1) is 0 Å². The molecule has 25 heavy (non-hydrogen) atoms. The number of fused-ring (bicyclic) bond motifs is 1. The summed E-state index contributed by atoms with van der Waals surface area (Å²) in [6.45, 7) is 3.46. The maximum Gasteiger partial charge on any atom is 0.256 e. The molecule has 0 saturated heterocycles. The molecule has 1 aliphatic heterocycles. The molecule has 126 valence electrons.